The highest BCUT2D eigenvalue weighted by Crippen LogP contribution is 2.25. The molecule has 1 unspecified atom stereocenters. The molecule has 1 saturated heterocycles. The molecule has 0 bridgehead atoms. The van der Waals surface area contributed by atoms with E-state index in [0.29, 0.717) is 5.92 Å². The molecular formula is C18H23FN2O. The molecule has 4 heteroatoms. The lowest BCUT2D eigenvalue weighted by molar-refractivity contribution is 0.312. The Balaban J connectivity index is 1.59. The standard InChI is InChI=1S/C18H23FN2O/c1-12-4-5-15(9-18(12)19)8-16-6-7-21(10-16)11-17-13(2)20-22-14(17)3/h4-5,9,16H,6-8,10-11H2,1-3H3. The first kappa shape index (κ1) is 15.2. The number of nitrogens with zero attached hydrogens (tertiary/aromatic N) is 2. The summed E-state index contributed by atoms with van der Waals surface area (Å²) >= 11 is 0. The van der Waals surface area contributed by atoms with Gasteiger partial charge in [0.05, 0.1) is 5.69 Å². The summed E-state index contributed by atoms with van der Waals surface area (Å²) in [6, 6.07) is 5.61. The third-order valence-electron chi connectivity index (χ3n) is 4.69. The monoisotopic (exact) mass is 302 g/mol. The zero-order valence-corrected chi connectivity index (χ0v) is 13.5. The fourth-order valence-electron chi connectivity index (χ4n) is 3.27. The van der Waals surface area contributed by atoms with Crippen LogP contribution in [0.1, 0.15) is 34.6 Å². The van der Waals surface area contributed by atoms with Crippen LogP contribution >= 0.6 is 0 Å². The van der Waals surface area contributed by atoms with Crippen LogP contribution in [0.2, 0.25) is 0 Å². The van der Waals surface area contributed by atoms with Gasteiger partial charge in [0.15, 0.2) is 0 Å². The number of likely N-dealkylation sites (tertiary alicyclic amines) is 1. The Labute approximate surface area is 131 Å². The van der Waals surface area contributed by atoms with Gasteiger partial charge in [-0.1, -0.05) is 17.3 Å². The van der Waals surface area contributed by atoms with E-state index in [9.17, 15) is 4.39 Å². The molecule has 1 aliphatic rings. The number of aryl methyl sites for hydroxylation is 3. The summed E-state index contributed by atoms with van der Waals surface area (Å²) in [5, 5.41) is 4.02. The van der Waals surface area contributed by atoms with Crippen LogP contribution in [0.4, 0.5) is 4.39 Å². The first-order valence-electron chi connectivity index (χ1n) is 7.92. The molecule has 3 rings (SSSR count). The molecule has 0 radical (unpaired) electrons. The van der Waals surface area contributed by atoms with Gasteiger partial charge in [0.1, 0.15) is 11.6 Å². The second-order valence-corrected chi connectivity index (χ2v) is 6.48. The summed E-state index contributed by atoms with van der Waals surface area (Å²) in [5.74, 6) is 1.42. The topological polar surface area (TPSA) is 29.3 Å². The Bertz CT molecular complexity index is 646. The van der Waals surface area contributed by atoms with E-state index >= 15 is 0 Å². The maximum atomic E-state index is 13.6. The van der Waals surface area contributed by atoms with Gasteiger partial charge < -0.3 is 4.52 Å². The number of benzene rings is 1. The van der Waals surface area contributed by atoms with Crippen LogP contribution in [-0.4, -0.2) is 23.1 Å². The summed E-state index contributed by atoms with van der Waals surface area (Å²) in [6.07, 6.45) is 2.12. The van der Waals surface area contributed by atoms with Crippen molar-refractivity contribution in [2.75, 3.05) is 13.1 Å². The van der Waals surface area contributed by atoms with Gasteiger partial charge in [0.25, 0.3) is 0 Å². The van der Waals surface area contributed by atoms with Gasteiger partial charge in [0, 0.05) is 18.7 Å². The van der Waals surface area contributed by atoms with Crippen molar-refractivity contribution in [3.05, 3.63) is 52.2 Å². The highest BCUT2D eigenvalue weighted by Gasteiger charge is 2.24. The SMILES string of the molecule is Cc1ccc(CC2CCN(Cc3c(C)noc3C)C2)cc1F. The fraction of sp³-hybridized carbons (Fsp3) is 0.500. The Hall–Kier alpha value is -1.68. The Kier molecular flexibility index (Phi) is 4.30. The molecule has 1 fully saturated rings. The smallest absolute Gasteiger partial charge is 0.138 e. The van der Waals surface area contributed by atoms with Crippen LogP contribution in [0.5, 0.6) is 0 Å². The minimum Gasteiger partial charge on any atom is -0.361 e. The molecule has 0 aliphatic carbocycles. The quantitative estimate of drug-likeness (QED) is 0.860. The summed E-state index contributed by atoms with van der Waals surface area (Å²) < 4.78 is 18.9. The number of aromatic nitrogens is 1. The fourth-order valence-corrected chi connectivity index (χ4v) is 3.27. The summed E-state index contributed by atoms with van der Waals surface area (Å²) in [6.45, 7) is 8.81. The summed E-state index contributed by atoms with van der Waals surface area (Å²) in [5.41, 5.74) is 4.02. The first-order chi connectivity index (χ1) is 10.5. The highest BCUT2D eigenvalue weighted by atomic mass is 19.1. The number of hydrogen-bond donors (Lipinski definition) is 0. The molecular weight excluding hydrogens is 279 g/mol. The van der Waals surface area contributed by atoms with Crippen molar-refractivity contribution in [3.63, 3.8) is 0 Å². The van der Waals surface area contributed by atoms with Gasteiger partial charge in [-0.2, -0.15) is 0 Å². The Morgan fingerprint density at radius 1 is 1.32 bits per heavy atom. The van der Waals surface area contributed by atoms with Gasteiger partial charge in [-0.05, 0) is 63.3 Å². The van der Waals surface area contributed by atoms with Crippen LogP contribution in [0.25, 0.3) is 0 Å². The largest absolute Gasteiger partial charge is 0.361 e. The van der Waals surface area contributed by atoms with Gasteiger partial charge in [-0.3, -0.25) is 4.90 Å². The molecule has 0 N–H and O–H groups in total. The highest BCUT2D eigenvalue weighted by molar-refractivity contribution is 5.24. The molecule has 2 aromatic rings. The second kappa shape index (κ2) is 6.21. The lowest BCUT2D eigenvalue weighted by atomic mass is 9.98. The number of hydrogen-bond acceptors (Lipinski definition) is 3. The molecule has 1 aromatic carbocycles. The van der Waals surface area contributed by atoms with E-state index in [4.69, 9.17) is 4.52 Å². The first-order valence-corrected chi connectivity index (χ1v) is 7.92. The predicted octanol–water partition coefficient (Wildman–Crippen LogP) is 3.80. The molecule has 1 aliphatic heterocycles. The second-order valence-electron chi connectivity index (χ2n) is 6.48. The van der Waals surface area contributed by atoms with Crippen LogP contribution in [0.15, 0.2) is 22.7 Å². The third kappa shape index (κ3) is 3.22. The molecule has 0 spiro atoms. The zero-order valence-electron chi connectivity index (χ0n) is 13.5. The molecule has 0 saturated carbocycles. The van der Waals surface area contributed by atoms with Crippen molar-refractivity contribution in [3.8, 4) is 0 Å². The van der Waals surface area contributed by atoms with E-state index in [1.807, 2.05) is 19.9 Å². The van der Waals surface area contributed by atoms with Crippen molar-refractivity contribution < 1.29 is 8.91 Å². The van der Waals surface area contributed by atoms with E-state index in [1.54, 1.807) is 13.0 Å². The minimum atomic E-state index is -0.0944. The third-order valence-corrected chi connectivity index (χ3v) is 4.69. The Morgan fingerprint density at radius 2 is 2.14 bits per heavy atom. The lowest BCUT2D eigenvalue weighted by Gasteiger charge is -2.16. The van der Waals surface area contributed by atoms with Gasteiger partial charge >= 0.3 is 0 Å². The molecule has 1 aromatic heterocycles. The van der Waals surface area contributed by atoms with E-state index < -0.39 is 0 Å². The normalized spacial score (nSPS) is 19.0. The van der Waals surface area contributed by atoms with E-state index in [2.05, 4.69) is 16.1 Å². The maximum absolute atomic E-state index is 13.6. The summed E-state index contributed by atoms with van der Waals surface area (Å²) in [4.78, 5) is 2.45. The van der Waals surface area contributed by atoms with E-state index in [0.717, 1.165) is 48.6 Å². The summed E-state index contributed by atoms with van der Waals surface area (Å²) in [7, 11) is 0. The predicted molar refractivity (Wildman–Crippen MR) is 84.2 cm³/mol. The molecule has 0 amide bonds. The average molecular weight is 302 g/mol. The van der Waals surface area contributed by atoms with Crippen LogP contribution < -0.4 is 0 Å². The maximum Gasteiger partial charge on any atom is 0.138 e. The van der Waals surface area contributed by atoms with E-state index in [-0.39, 0.29) is 5.82 Å². The Morgan fingerprint density at radius 3 is 2.82 bits per heavy atom. The zero-order chi connectivity index (χ0) is 15.7. The molecule has 2 heterocycles. The van der Waals surface area contributed by atoms with Crippen molar-refractivity contribution in [2.45, 2.75) is 40.2 Å². The van der Waals surface area contributed by atoms with Gasteiger partial charge in [-0.25, -0.2) is 4.39 Å². The van der Waals surface area contributed by atoms with Crippen LogP contribution in [-0.2, 0) is 13.0 Å². The molecule has 118 valence electrons. The van der Waals surface area contributed by atoms with Crippen molar-refractivity contribution in [1.82, 2.24) is 10.1 Å². The van der Waals surface area contributed by atoms with Crippen molar-refractivity contribution in [2.24, 2.45) is 5.92 Å². The van der Waals surface area contributed by atoms with Crippen molar-refractivity contribution in [1.29, 1.82) is 0 Å². The molecule has 22 heavy (non-hydrogen) atoms. The molecule has 3 nitrogen and oxygen atoms in total. The van der Waals surface area contributed by atoms with Crippen molar-refractivity contribution >= 4 is 0 Å². The average Bonchev–Trinajstić information content (AvgIpc) is 3.05. The minimum absolute atomic E-state index is 0.0944. The number of rotatable bonds is 4. The lowest BCUT2D eigenvalue weighted by Crippen LogP contribution is -2.21. The number of halogens is 1. The molecule has 1 atom stereocenters. The van der Waals surface area contributed by atoms with E-state index in [1.165, 1.54) is 12.0 Å². The van der Waals surface area contributed by atoms with Gasteiger partial charge in [-0.15, -0.1) is 0 Å². The van der Waals surface area contributed by atoms with Crippen LogP contribution in [0, 0.1) is 32.5 Å². The van der Waals surface area contributed by atoms with Gasteiger partial charge in [0.2, 0.25) is 0 Å². The van der Waals surface area contributed by atoms with Crippen LogP contribution in [0.3, 0.4) is 0 Å².